The number of carboxylic acids is 4. The van der Waals surface area contributed by atoms with Crippen LogP contribution in [0, 0.1) is 11.8 Å². The van der Waals surface area contributed by atoms with Gasteiger partial charge in [0.05, 0.1) is 50.6 Å². The van der Waals surface area contributed by atoms with E-state index in [4.69, 9.17) is 0 Å². The number of aryl methyl sites for hydroxylation is 3. The predicted octanol–water partition coefficient (Wildman–Crippen LogP) is 1.72. The van der Waals surface area contributed by atoms with Gasteiger partial charge in [0.25, 0.3) is 0 Å². The van der Waals surface area contributed by atoms with Crippen LogP contribution >= 0.6 is 0 Å². The van der Waals surface area contributed by atoms with Gasteiger partial charge in [0, 0.05) is 90.8 Å². The van der Waals surface area contributed by atoms with Crippen molar-refractivity contribution < 1.29 is 58.8 Å². The lowest BCUT2D eigenvalue weighted by atomic mass is 9.92. The SMILES string of the molecule is CC(C(=O)NCC(=O)NCCCCCCc1ccc(CCc2cncc(C(CC(=O)O)NC(=O)C3CCCN(C(=O)CCC4CCNCC4)C3)c2)cc1)N1CCN(CC(=O)O)CCN(CC(=O)O)CCN(CC(=O)O)CC1. The summed E-state index contributed by atoms with van der Waals surface area (Å²) in [6.45, 7) is 6.23. The van der Waals surface area contributed by atoms with Crippen molar-refractivity contribution in [3.8, 4) is 0 Å². The first-order valence-electron chi connectivity index (χ1n) is 27.6. The molecule has 22 nitrogen and oxygen atoms in total. The van der Waals surface area contributed by atoms with Crippen molar-refractivity contribution in [3.05, 3.63) is 65.0 Å². The number of carbonyl (C=O) groups excluding carboxylic acids is 4. The number of nitrogens with one attached hydrogen (secondary N) is 4. The molecule has 1 aromatic carbocycles. The molecule has 5 rings (SSSR count). The molecule has 426 valence electrons. The second-order valence-corrected chi connectivity index (χ2v) is 21.0. The van der Waals surface area contributed by atoms with Crippen molar-refractivity contribution in [2.45, 2.75) is 109 Å². The molecule has 0 radical (unpaired) electrons. The van der Waals surface area contributed by atoms with Crippen LogP contribution in [0.3, 0.4) is 0 Å². The number of carboxylic acid groups (broad SMARTS) is 4. The Morgan fingerprint density at radius 1 is 0.662 bits per heavy atom. The third-order valence-electron chi connectivity index (χ3n) is 15.0. The van der Waals surface area contributed by atoms with E-state index in [1.807, 2.05) is 11.0 Å². The third kappa shape index (κ3) is 23.6. The summed E-state index contributed by atoms with van der Waals surface area (Å²) in [5.74, 6) is -4.87. The Labute approximate surface area is 452 Å². The number of nitrogens with zero attached hydrogens (tertiary/aromatic N) is 6. The summed E-state index contributed by atoms with van der Waals surface area (Å²) in [5.41, 5.74) is 3.94. The van der Waals surface area contributed by atoms with Crippen molar-refractivity contribution in [2.24, 2.45) is 11.8 Å². The van der Waals surface area contributed by atoms with E-state index >= 15 is 0 Å². The maximum atomic E-state index is 13.6. The highest BCUT2D eigenvalue weighted by molar-refractivity contribution is 5.87. The lowest BCUT2D eigenvalue weighted by Gasteiger charge is -2.35. The number of pyridine rings is 1. The molecule has 0 spiro atoms. The van der Waals surface area contributed by atoms with Gasteiger partial charge in [-0.2, -0.15) is 0 Å². The highest BCUT2D eigenvalue weighted by Crippen LogP contribution is 2.25. The first kappa shape index (κ1) is 61.8. The zero-order valence-electron chi connectivity index (χ0n) is 45.0. The standard InChI is InChI=1S/C55H84N10O12/c1-40(64-29-27-62(38-52(72)73)25-23-61(37-51(70)71)24-26-63(28-30-64)39-53(74)75)54(76)59-35-48(66)58-19-5-3-2-4-7-41-9-11-42(12-10-41)13-14-44-31-46(34-57-33-44)47(32-50(68)69)60-55(77)45-8-6-22-65(36-45)49(67)16-15-43-17-20-56-21-18-43/h9-12,31,33-34,40,43,45,47,56H,2-8,13-30,32,35-39H2,1H3,(H,58,66)(H,59,76)(H,60,77)(H,68,69)(H,70,71)(H,72,73)(H,74,75). The van der Waals surface area contributed by atoms with Gasteiger partial charge >= 0.3 is 23.9 Å². The Balaban J connectivity index is 0.980. The third-order valence-corrected chi connectivity index (χ3v) is 15.0. The summed E-state index contributed by atoms with van der Waals surface area (Å²) in [4.78, 5) is 112. The van der Waals surface area contributed by atoms with Gasteiger partial charge in [-0.15, -0.1) is 0 Å². The molecule has 3 saturated heterocycles. The highest BCUT2D eigenvalue weighted by Gasteiger charge is 2.31. The maximum absolute atomic E-state index is 13.6. The van der Waals surface area contributed by atoms with E-state index in [9.17, 15) is 58.8 Å². The number of piperidine rings is 2. The summed E-state index contributed by atoms with van der Waals surface area (Å²) < 4.78 is 0. The monoisotopic (exact) mass is 1080 g/mol. The Morgan fingerprint density at radius 2 is 1.23 bits per heavy atom. The number of carbonyl (C=O) groups is 8. The van der Waals surface area contributed by atoms with Crippen molar-refractivity contribution in [1.29, 1.82) is 0 Å². The van der Waals surface area contributed by atoms with Gasteiger partial charge in [0.2, 0.25) is 23.6 Å². The van der Waals surface area contributed by atoms with Gasteiger partial charge in [-0.1, -0.05) is 43.2 Å². The first-order valence-corrected chi connectivity index (χ1v) is 27.6. The molecule has 2 aromatic rings. The summed E-state index contributed by atoms with van der Waals surface area (Å²) >= 11 is 0. The minimum absolute atomic E-state index is 0.0876. The van der Waals surface area contributed by atoms with Gasteiger partial charge in [0.15, 0.2) is 0 Å². The van der Waals surface area contributed by atoms with E-state index in [1.165, 1.54) is 5.56 Å². The van der Waals surface area contributed by atoms with Gasteiger partial charge in [0.1, 0.15) is 0 Å². The van der Waals surface area contributed by atoms with Crippen molar-refractivity contribution in [3.63, 3.8) is 0 Å². The number of aromatic nitrogens is 1. The van der Waals surface area contributed by atoms with E-state index in [2.05, 4.69) is 50.5 Å². The number of rotatable bonds is 28. The molecule has 3 aliphatic rings. The summed E-state index contributed by atoms with van der Waals surface area (Å²) in [7, 11) is 0. The lowest BCUT2D eigenvalue weighted by molar-refractivity contribution is -0.140. The Bertz CT molecular complexity index is 2200. The van der Waals surface area contributed by atoms with Crippen LogP contribution in [0.25, 0.3) is 0 Å². The summed E-state index contributed by atoms with van der Waals surface area (Å²) in [6, 6.07) is 8.96. The van der Waals surface area contributed by atoms with E-state index < -0.39 is 47.8 Å². The number of benzene rings is 1. The molecule has 77 heavy (non-hydrogen) atoms. The van der Waals surface area contributed by atoms with Crippen LogP contribution in [0.2, 0.25) is 0 Å². The van der Waals surface area contributed by atoms with E-state index in [0.29, 0.717) is 50.4 Å². The molecule has 4 heterocycles. The Hall–Kier alpha value is -6.07. The molecular formula is C55H84N10O12. The Kier molecular flexibility index (Phi) is 26.7. The molecule has 1 aromatic heterocycles. The van der Waals surface area contributed by atoms with Crippen molar-refractivity contribution in [2.75, 3.05) is 111 Å². The quantitative estimate of drug-likeness (QED) is 0.0563. The molecule has 22 heteroatoms. The molecular weight excluding hydrogens is 993 g/mol. The minimum atomic E-state index is -1.04. The fourth-order valence-corrected chi connectivity index (χ4v) is 10.4. The number of hydrogen-bond acceptors (Lipinski definition) is 14. The van der Waals surface area contributed by atoms with Crippen LogP contribution in [0.1, 0.15) is 106 Å². The molecule has 0 saturated carbocycles. The van der Waals surface area contributed by atoms with Crippen LogP contribution in [0.5, 0.6) is 0 Å². The predicted molar refractivity (Wildman–Crippen MR) is 287 cm³/mol. The normalized spacial score (nSPS) is 18.7. The van der Waals surface area contributed by atoms with Crippen molar-refractivity contribution in [1.82, 2.24) is 50.8 Å². The molecule has 3 atom stereocenters. The van der Waals surface area contributed by atoms with Crippen LogP contribution in [0.4, 0.5) is 0 Å². The lowest BCUT2D eigenvalue weighted by Crippen LogP contribution is -2.53. The second-order valence-electron chi connectivity index (χ2n) is 21.0. The van der Waals surface area contributed by atoms with E-state index in [1.54, 1.807) is 38.9 Å². The number of unbranched alkanes of at least 4 members (excludes halogenated alkanes) is 3. The molecule has 3 fully saturated rings. The van der Waals surface area contributed by atoms with Gasteiger partial charge < -0.3 is 46.6 Å². The largest absolute Gasteiger partial charge is 0.481 e. The zero-order valence-corrected chi connectivity index (χ0v) is 45.0. The fourth-order valence-electron chi connectivity index (χ4n) is 10.4. The molecule has 0 aliphatic carbocycles. The number of amides is 4. The molecule has 4 amide bonds. The number of aliphatic carboxylic acids is 4. The second kappa shape index (κ2) is 33.3. The van der Waals surface area contributed by atoms with Crippen LogP contribution in [0.15, 0.2) is 42.7 Å². The molecule has 3 aliphatic heterocycles. The average Bonchev–Trinajstić information content (AvgIpc) is 3.40. The van der Waals surface area contributed by atoms with E-state index in [0.717, 1.165) is 88.4 Å². The maximum Gasteiger partial charge on any atom is 0.317 e. The highest BCUT2D eigenvalue weighted by atomic mass is 16.4. The first-order chi connectivity index (χ1) is 37.0. The van der Waals surface area contributed by atoms with Gasteiger partial charge in [-0.25, -0.2) is 0 Å². The van der Waals surface area contributed by atoms with Crippen LogP contribution in [-0.4, -0.2) is 215 Å². The smallest absolute Gasteiger partial charge is 0.317 e. The summed E-state index contributed by atoms with van der Waals surface area (Å²) in [6.07, 6.45) is 14.0. The van der Waals surface area contributed by atoms with Crippen molar-refractivity contribution >= 4 is 47.5 Å². The van der Waals surface area contributed by atoms with Crippen LogP contribution in [-0.2, 0) is 57.6 Å². The number of hydrogen-bond donors (Lipinski definition) is 8. The topological polar surface area (TPSA) is 295 Å². The van der Waals surface area contributed by atoms with Gasteiger partial charge in [-0.05, 0) is 112 Å². The molecule has 3 unspecified atom stereocenters. The zero-order chi connectivity index (χ0) is 55.5. The average molecular weight is 1080 g/mol. The minimum Gasteiger partial charge on any atom is -0.481 e. The molecule has 0 bridgehead atoms. The van der Waals surface area contributed by atoms with Gasteiger partial charge in [-0.3, -0.25) is 62.9 Å². The summed E-state index contributed by atoms with van der Waals surface area (Å²) in [5, 5.41) is 50.1. The fraction of sp³-hybridized carbons (Fsp3) is 0.655. The van der Waals surface area contributed by atoms with Crippen LogP contribution < -0.4 is 21.3 Å². The number of likely N-dealkylation sites (tertiary alicyclic amines) is 1. The van der Waals surface area contributed by atoms with E-state index in [-0.39, 0.29) is 103 Å². The molecule has 8 N–H and O–H groups in total. The Morgan fingerprint density at radius 3 is 1.83 bits per heavy atom.